The van der Waals surface area contributed by atoms with Crippen LogP contribution in [0.1, 0.15) is 77.6 Å². The van der Waals surface area contributed by atoms with Crippen LogP contribution in [0, 0.1) is 0 Å². The van der Waals surface area contributed by atoms with Gasteiger partial charge in [0.05, 0.1) is 38.7 Å². The summed E-state index contributed by atoms with van der Waals surface area (Å²) >= 11 is 0. The predicted molar refractivity (Wildman–Crippen MR) is 326 cm³/mol. The third kappa shape index (κ3) is 27.0. The van der Waals surface area contributed by atoms with Crippen LogP contribution >= 0.6 is 0 Å². The number of amides is 7. The zero-order valence-electron chi connectivity index (χ0n) is 49.6. The van der Waals surface area contributed by atoms with E-state index in [9.17, 15) is 63.6 Å². The first-order chi connectivity index (χ1) is 42.3. The fourth-order valence-corrected chi connectivity index (χ4v) is 9.31. The SMILES string of the molecule is CCC(=O)NCCNC(=O)NC(N)=NCCC[C@@H](NC(=O)C(c1ccccc1)c1cccc(OCCCCNC(=O)c2ccc(CNC(=O)CN3CCN(CC(=O)O)CCN(CC(=O)O)CCN(CC(=O)O)CC3)cc2)c1)C(=O)NCc1ccc(O)cc1. The molecular weight excluding hydrogens is 1140 g/mol. The molecule has 0 bridgehead atoms. The highest BCUT2D eigenvalue weighted by atomic mass is 16.5. The van der Waals surface area contributed by atoms with Gasteiger partial charge in [0, 0.05) is 104 Å². The largest absolute Gasteiger partial charge is 0.508 e. The number of carboxylic acids is 3. The molecule has 7 amide bonds. The maximum Gasteiger partial charge on any atom is 0.321 e. The maximum absolute atomic E-state index is 14.5. The number of hydrogen-bond acceptors (Lipinski definition) is 16. The summed E-state index contributed by atoms with van der Waals surface area (Å²) in [5.74, 6) is -5.22. The molecule has 0 spiro atoms. The lowest BCUT2D eigenvalue weighted by atomic mass is 9.90. The Balaban J connectivity index is 1.10. The molecule has 1 unspecified atom stereocenters. The number of guanidine groups is 1. The van der Waals surface area contributed by atoms with Gasteiger partial charge in [0.1, 0.15) is 17.5 Å². The van der Waals surface area contributed by atoms with Gasteiger partial charge in [-0.05, 0) is 84.3 Å². The Morgan fingerprint density at radius 1 is 0.568 bits per heavy atom. The van der Waals surface area contributed by atoms with Crippen LogP contribution in [-0.4, -0.2) is 217 Å². The summed E-state index contributed by atoms with van der Waals surface area (Å²) in [4.78, 5) is 124. The van der Waals surface area contributed by atoms with Crippen molar-refractivity contribution in [3.05, 3.63) is 131 Å². The second kappa shape index (κ2) is 38.1. The molecule has 88 heavy (non-hydrogen) atoms. The number of nitrogens with one attached hydrogen (secondary N) is 7. The van der Waals surface area contributed by atoms with E-state index in [2.05, 4.69) is 42.2 Å². The molecule has 2 atom stereocenters. The Labute approximate surface area is 511 Å². The summed E-state index contributed by atoms with van der Waals surface area (Å²) in [6.45, 7) is 4.52. The minimum atomic E-state index is -1.05. The lowest BCUT2D eigenvalue weighted by Crippen LogP contribution is -2.49. The lowest BCUT2D eigenvalue weighted by Gasteiger charge is -2.32. The van der Waals surface area contributed by atoms with Crippen LogP contribution in [0.2, 0.25) is 0 Å². The first kappa shape index (κ1) is 69.6. The number of unbranched alkanes of at least 4 members (excludes halogenated alkanes) is 1. The van der Waals surface area contributed by atoms with Gasteiger partial charge < -0.3 is 62.8 Å². The number of hydrogen-bond donors (Lipinski definition) is 12. The molecule has 1 fully saturated rings. The van der Waals surface area contributed by atoms with E-state index in [1.54, 1.807) is 82.3 Å². The zero-order valence-corrected chi connectivity index (χ0v) is 49.6. The van der Waals surface area contributed by atoms with Crippen LogP contribution in [0.3, 0.4) is 0 Å². The topological polar surface area (TPSA) is 379 Å². The Kier molecular flexibility index (Phi) is 30.1. The van der Waals surface area contributed by atoms with Crippen molar-refractivity contribution in [2.24, 2.45) is 10.7 Å². The van der Waals surface area contributed by atoms with Gasteiger partial charge in [-0.25, -0.2) is 4.79 Å². The van der Waals surface area contributed by atoms with Crippen molar-refractivity contribution < 1.29 is 68.3 Å². The third-order valence-electron chi connectivity index (χ3n) is 14.1. The van der Waals surface area contributed by atoms with Gasteiger partial charge >= 0.3 is 23.9 Å². The number of phenols is 1. The number of carboxylic acid groups (broad SMARTS) is 3. The molecule has 0 radical (unpaired) electrons. The van der Waals surface area contributed by atoms with Crippen molar-refractivity contribution >= 4 is 59.4 Å². The average molecular weight is 1220 g/mol. The molecule has 1 saturated heterocycles. The zero-order chi connectivity index (χ0) is 63.6. The average Bonchev–Trinajstić information content (AvgIpc) is 3.69. The van der Waals surface area contributed by atoms with Gasteiger partial charge in [0.25, 0.3) is 5.91 Å². The fourth-order valence-electron chi connectivity index (χ4n) is 9.31. The highest BCUT2D eigenvalue weighted by Crippen LogP contribution is 2.28. The molecule has 0 saturated carbocycles. The third-order valence-corrected chi connectivity index (χ3v) is 14.1. The number of nitrogens with zero attached hydrogens (tertiary/aromatic N) is 5. The van der Waals surface area contributed by atoms with E-state index in [0.29, 0.717) is 67.9 Å². The molecule has 13 N–H and O–H groups in total. The molecule has 27 nitrogen and oxygen atoms in total. The minimum absolute atomic E-state index is 0.0413. The molecule has 5 rings (SSSR count). The summed E-state index contributed by atoms with van der Waals surface area (Å²) in [6.07, 6.45) is 1.93. The number of carbonyl (C=O) groups excluding carboxylic acids is 6. The molecule has 0 aliphatic carbocycles. The quantitative estimate of drug-likeness (QED) is 0.0184. The lowest BCUT2D eigenvalue weighted by molar-refractivity contribution is -0.140. The molecule has 476 valence electrons. The van der Waals surface area contributed by atoms with E-state index >= 15 is 0 Å². The van der Waals surface area contributed by atoms with Gasteiger partial charge in [-0.1, -0.05) is 73.7 Å². The number of carbonyl (C=O) groups is 9. The maximum atomic E-state index is 14.5. The molecule has 0 aromatic heterocycles. The number of ether oxygens (including phenoxy) is 1. The van der Waals surface area contributed by atoms with Crippen LogP contribution in [0.4, 0.5) is 4.79 Å². The van der Waals surface area contributed by atoms with Crippen molar-refractivity contribution in [2.45, 2.75) is 64.1 Å². The van der Waals surface area contributed by atoms with Crippen molar-refractivity contribution in [1.82, 2.24) is 56.8 Å². The standard InChI is InChI=1S/C61H83N13O14/c1-2-51(76)63-25-26-66-61(87)70-60(62)65-24-9-14-50(58(85)68-38-44-17-21-48(75)22-18-44)69-59(86)56(45-10-4-3-5-11-45)47-12-8-13-49(36-47)88-35-7-6-23-64-57(84)46-19-15-43(16-20-46)37-67-52(77)39-71-27-29-72(40-53(78)79)31-33-74(42-55(82)83)34-32-73(30-28-71)41-54(80)81/h3-5,8,10-13,15-22,36,50,56,75H,2,6-7,9,14,23-35,37-42H2,1H3,(H,63,76)(H,64,84)(H,67,77)(H,68,85)(H,69,86)(H,78,79)(H,80,81)(H,82,83)(H4,62,65,66,70,87)/t50-,56?/m1/s1. The second-order valence-electron chi connectivity index (χ2n) is 20.9. The van der Waals surface area contributed by atoms with Crippen molar-refractivity contribution in [3.8, 4) is 11.5 Å². The molecule has 27 heteroatoms. The minimum Gasteiger partial charge on any atom is -0.508 e. The highest BCUT2D eigenvalue weighted by Gasteiger charge is 2.29. The van der Waals surface area contributed by atoms with E-state index < -0.39 is 47.7 Å². The molecule has 1 aliphatic heterocycles. The first-order valence-electron chi connectivity index (χ1n) is 29.3. The predicted octanol–water partition coefficient (Wildman–Crippen LogP) is 0.926. The van der Waals surface area contributed by atoms with Crippen molar-refractivity contribution in [2.75, 3.05) is 111 Å². The number of aliphatic imine (C=N–C) groups is 1. The number of nitrogens with two attached hydrogens (primary N) is 1. The Bertz CT molecular complexity index is 2900. The normalized spacial score (nSPS) is 14.5. The Morgan fingerprint density at radius 2 is 1.11 bits per heavy atom. The van der Waals surface area contributed by atoms with Gasteiger partial charge in [-0.3, -0.25) is 68.3 Å². The van der Waals surface area contributed by atoms with Gasteiger partial charge in [0.2, 0.25) is 23.6 Å². The fraction of sp³-hybridized carbons (Fsp3) is 0.443. The summed E-state index contributed by atoms with van der Waals surface area (Å²) < 4.78 is 6.14. The summed E-state index contributed by atoms with van der Waals surface area (Å²) in [5.41, 5.74) is 9.10. The van der Waals surface area contributed by atoms with Crippen molar-refractivity contribution in [1.29, 1.82) is 0 Å². The monoisotopic (exact) mass is 1220 g/mol. The van der Waals surface area contributed by atoms with Gasteiger partial charge in [-0.15, -0.1) is 0 Å². The van der Waals surface area contributed by atoms with Crippen molar-refractivity contribution in [3.63, 3.8) is 0 Å². The van der Waals surface area contributed by atoms with Crippen LogP contribution < -0.4 is 47.7 Å². The number of urea groups is 1. The molecule has 4 aromatic carbocycles. The first-order valence-corrected chi connectivity index (χ1v) is 29.3. The number of aromatic hydroxyl groups is 1. The van der Waals surface area contributed by atoms with Gasteiger partial charge in [-0.2, -0.15) is 0 Å². The second-order valence-corrected chi connectivity index (χ2v) is 20.9. The van der Waals surface area contributed by atoms with E-state index in [0.717, 1.165) is 11.1 Å². The molecule has 4 aromatic rings. The Morgan fingerprint density at radius 3 is 1.69 bits per heavy atom. The number of benzene rings is 4. The van der Waals surface area contributed by atoms with E-state index in [4.69, 9.17) is 10.5 Å². The van der Waals surface area contributed by atoms with Crippen LogP contribution in [0.5, 0.6) is 11.5 Å². The summed E-state index contributed by atoms with van der Waals surface area (Å²) in [5, 5.41) is 57.5. The van der Waals surface area contributed by atoms with Crippen LogP contribution in [-0.2, 0) is 46.7 Å². The molecule has 1 heterocycles. The summed E-state index contributed by atoms with van der Waals surface area (Å²) in [7, 11) is 0. The number of rotatable bonds is 32. The molecular formula is C61H83N13O14. The van der Waals surface area contributed by atoms with Crippen LogP contribution in [0.15, 0.2) is 108 Å². The Hall–Kier alpha value is -9.18. The van der Waals surface area contributed by atoms with Gasteiger partial charge in [0.15, 0.2) is 5.96 Å². The molecule has 1 aliphatic rings. The number of aliphatic carboxylic acids is 3. The number of phenolic OH excluding ortho intramolecular Hbond substituents is 1. The smallest absolute Gasteiger partial charge is 0.321 e. The van der Waals surface area contributed by atoms with E-state index in [1.165, 1.54) is 12.1 Å². The summed E-state index contributed by atoms with van der Waals surface area (Å²) in [6, 6.07) is 27.7. The van der Waals surface area contributed by atoms with E-state index in [-0.39, 0.29) is 140 Å². The van der Waals surface area contributed by atoms with Crippen LogP contribution in [0.25, 0.3) is 0 Å². The highest BCUT2D eigenvalue weighted by molar-refractivity contribution is 5.96. The van der Waals surface area contributed by atoms with E-state index in [1.807, 2.05) is 35.2 Å².